The third-order valence-corrected chi connectivity index (χ3v) is 6.01. The molecule has 0 radical (unpaired) electrons. The number of rotatable bonds is 4. The summed E-state index contributed by atoms with van der Waals surface area (Å²) in [5, 5.41) is 10.5. The van der Waals surface area contributed by atoms with E-state index in [4.69, 9.17) is 11.6 Å². The second-order valence-corrected chi connectivity index (χ2v) is 8.39. The first-order valence-electron chi connectivity index (χ1n) is 10.7. The zero-order valence-corrected chi connectivity index (χ0v) is 19.3. The summed E-state index contributed by atoms with van der Waals surface area (Å²) in [6.45, 7) is 0.229. The van der Waals surface area contributed by atoms with Gasteiger partial charge in [-0.05, 0) is 48.5 Å². The van der Waals surface area contributed by atoms with Crippen molar-refractivity contribution in [3.8, 4) is 5.69 Å². The van der Waals surface area contributed by atoms with Gasteiger partial charge in [0.2, 0.25) is 0 Å². The number of urea groups is 1. The van der Waals surface area contributed by atoms with E-state index in [9.17, 15) is 14.4 Å². The number of nitrogens with zero attached hydrogens (tertiary/aromatic N) is 5. The standard InChI is InChI=1S/C24H20ClN7O3/c1-30-20-14-32(24(35)29-17-4-2-15(25)3-5-17)22(19(20)12-27-30)23(34)28-16-6-8-18(9-7-16)31-11-10-26-13-21(31)33/h2-13,22H,14H2,1H3,(H,28,34)(H,29,35)/t22-/m1/s1. The molecule has 4 aromatic rings. The summed E-state index contributed by atoms with van der Waals surface area (Å²) in [6.07, 6.45) is 5.92. The minimum atomic E-state index is -0.867. The second-order valence-electron chi connectivity index (χ2n) is 7.96. The van der Waals surface area contributed by atoms with Crippen molar-refractivity contribution in [1.29, 1.82) is 0 Å². The Bertz CT molecular complexity index is 1460. The smallest absolute Gasteiger partial charge is 0.323 e. The number of hydrogen-bond donors (Lipinski definition) is 2. The first-order chi connectivity index (χ1) is 16.9. The summed E-state index contributed by atoms with van der Waals surface area (Å²) in [6, 6.07) is 12.3. The van der Waals surface area contributed by atoms with Crippen LogP contribution in [0.25, 0.3) is 5.69 Å². The van der Waals surface area contributed by atoms with Crippen molar-refractivity contribution in [2.24, 2.45) is 7.05 Å². The van der Waals surface area contributed by atoms with E-state index in [-0.39, 0.29) is 18.0 Å². The predicted molar refractivity (Wildman–Crippen MR) is 130 cm³/mol. The topological polar surface area (TPSA) is 114 Å². The van der Waals surface area contributed by atoms with Crippen LogP contribution in [0.15, 0.2) is 78.1 Å². The van der Waals surface area contributed by atoms with Crippen LogP contribution >= 0.6 is 11.6 Å². The quantitative estimate of drug-likeness (QED) is 0.456. The summed E-state index contributed by atoms with van der Waals surface area (Å²) in [5.74, 6) is -0.378. The van der Waals surface area contributed by atoms with E-state index in [0.29, 0.717) is 27.6 Å². The van der Waals surface area contributed by atoms with Crippen molar-refractivity contribution in [2.45, 2.75) is 12.6 Å². The van der Waals surface area contributed by atoms with Crippen molar-refractivity contribution in [2.75, 3.05) is 10.6 Å². The van der Waals surface area contributed by atoms with Gasteiger partial charge in [0.15, 0.2) is 0 Å². The molecule has 10 nitrogen and oxygen atoms in total. The number of halogens is 1. The van der Waals surface area contributed by atoms with E-state index in [1.165, 1.54) is 21.9 Å². The fourth-order valence-electron chi connectivity index (χ4n) is 4.00. The number of anilines is 2. The molecule has 1 aliphatic rings. The molecule has 1 atom stereocenters. The van der Waals surface area contributed by atoms with Gasteiger partial charge < -0.3 is 15.5 Å². The number of carbonyl (C=O) groups excluding carboxylic acids is 2. The van der Waals surface area contributed by atoms with Crippen LogP contribution in [0.5, 0.6) is 0 Å². The molecule has 0 spiro atoms. The monoisotopic (exact) mass is 489 g/mol. The molecule has 0 fully saturated rings. The van der Waals surface area contributed by atoms with Crippen LogP contribution in [0.3, 0.4) is 0 Å². The number of hydrogen-bond acceptors (Lipinski definition) is 5. The predicted octanol–water partition coefficient (Wildman–Crippen LogP) is 3.35. The van der Waals surface area contributed by atoms with Gasteiger partial charge >= 0.3 is 6.03 Å². The summed E-state index contributed by atoms with van der Waals surface area (Å²) < 4.78 is 3.10. The lowest BCUT2D eigenvalue weighted by molar-refractivity contribution is -0.120. The van der Waals surface area contributed by atoms with Crippen LogP contribution in [0.2, 0.25) is 5.02 Å². The Kier molecular flexibility index (Phi) is 5.79. The van der Waals surface area contributed by atoms with Crippen molar-refractivity contribution in [3.05, 3.63) is 100.0 Å². The van der Waals surface area contributed by atoms with Crippen molar-refractivity contribution < 1.29 is 9.59 Å². The lowest BCUT2D eigenvalue weighted by Crippen LogP contribution is -2.39. The fourth-order valence-corrected chi connectivity index (χ4v) is 4.13. The number of aryl methyl sites for hydroxylation is 1. The van der Waals surface area contributed by atoms with E-state index in [1.807, 2.05) is 0 Å². The molecule has 0 bridgehead atoms. The Morgan fingerprint density at radius 3 is 2.40 bits per heavy atom. The highest BCUT2D eigenvalue weighted by Gasteiger charge is 2.41. The SMILES string of the molecule is Cn1ncc2c1CN(C(=O)Nc1ccc(Cl)cc1)[C@H]2C(=O)Nc1ccc(-n2ccncc2=O)cc1. The van der Waals surface area contributed by atoms with Gasteiger partial charge in [0, 0.05) is 47.1 Å². The van der Waals surface area contributed by atoms with Crippen LogP contribution in [-0.4, -0.2) is 36.2 Å². The molecular weight excluding hydrogens is 470 g/mol. The van der Waals surface area contributed by atoms with Crippen LogP contribution in [0.1, 0.15) is 17.3 Å². The first kappa shape index (κ1) is 22.4. The van der Waals surface area contributed by atoms with E-state index in [0.717, 1.165) is 5.69 Å². The van der Waals surface area contributed by atoms with Gasteiger partial charge in [-0.1, -0.05) is 11.6 Å². The summed E-state index contributed by atoms with van der Waals surface area (Å²) in [4.78, 5) is 43.7. The van der Waals surface area contributed by atoms with E-state index in [1.54, 1.807) is 72.7 Å². The number of amides is 3. The molecule has 0 saturated carbocycles. The lowest BCUT2D eigenvalue weighted by Gasteiger charge is -2.25. The van der Waals surface area contributed by atoms with E-state index >= 15 is 0 Å². The summed E-state index contributed by atoms with van der Waals surface area (Å²) >= 11 is 5.93. The van der Waals surface area contributed by atoms with Crippen molar-refractivity contribution in [3.63, 3.8) is 0 Å². The normalized spacial score (nSPS) is 14.5. The molecule has 0 saturated heterocycles. The third-order valence-electron chi connectivity index (χ3n) is 5.76. The Labute approximate surface area is 204 Å². The maximum Gasteiger partial charge on any atom is 0.323 e. The largest absolute Gasteiger partial charge is 0.324 e. The highest BCUT2D eigenvalue weighted by molar-refractivity contribution is 6.30. The minimum absolute atomic E-state index is 0.229. The molecule has 11 heteroatoms. The Morgan fingerprint density at radius 2 is 1.69 bits per heavy atom. The number of benzene rings is 2. The van der Waals surface area contributed by atoms with E-state index < -0.39 is 12.1 Å². The Morgan fingerprint density at radius 1 is 1.00 bits per heavy atom. The molecule has 176 valence electrons. The maximum absolute atomic E-state index is 13.4. The average molecular weight is 490 g/mol. The van der Waals surface area contributed by atoms with Crippen molar-refractivity contribution >= 4 is 34.9 Å². The molecule has 3 amide bonds. The zero-order valence-electron chi connectivity index (χ0n) is 18.6. The fraction of sp³-hybridized carbons (Fsp3) is 0.125. The Hall–Kier alpha value is -4.44. The molecular formula is C24H20ClN7O3. The van der Waals surface area contributed by atoms with Gasteiger partial charge in [0.05, 0.1) is 24.6 Å². The van der Waals surface area contributed by atoms with Crippen LogP contribution in [0, 0.1) is 0 Å². The summed E-state index contributed by atoms with van der Waals surface area (Å²) in [5.41, 5.74) is 2.90. The highest BCUT2D eigenvalue weighted by atomic mass is 35.5. The van der Waals surface area contributed by atoms with Crippen molar-refractivity contribution in [1.82, 2.24) is 24.2 Å². The van der Waals surface area contributed by atoms with Gasteiger partial charge in [0.1, 0.15) is 6.04 Å². The molecule has 1 aliphatic heterocycles. The minimum Gasteiger partial charge on any atom is -0.324 e. The number of nitrogens with one attached hydrogen (secondary N) is 2. The van der Waals surface area contributed by atoms with Crippen LogP contribution in [0.4, 0.5) is 16.2 Å². The van der Waals surface area contributed by atoms with Gasteiger partial charge in [0.25, 0.3) is 11.5 Å². The van der Waals surface area contributed by atoms with Crippen LogP contribution in [-0.2, 0) is 18.4 Å². The highest BCUT2D eigenvalue weighted by Crippen LogP contribution is 2.35. The molecule has 0 unspecified atom stereocenters. The third kappa shape index (κ3) is 4.38. The zero-order chi connectivity index (χ0) is 24.5. The molecule has 35 heavy (non-hydrogen) atoms. The second kappa shape index (κ2) is 9.07. The molecule has 0 aliphatic carbocycles. The molecule has 2 N–H and O–H groups in total. The maximum atomic E-state index is 13.4. The number of aromatic nitrogens is 4. The molecule has 3 heterocycles. The first-order valence-corrected chi connectivity index (χ1v) is 11.1. The number of carbonyl (C=O) groups is 2. The molecule has 2 aromatic heterocycles. The van der Waals surface area contributed by atoms with Gasteiger partial charge in [-0.25, -0.2) is 4.79 Å². The van der Waals surface area contributed by atoms with Gasteiger partial charge in [-0.15, -0.1) is 0 Å². The number of fused-ring (bicyclic) bond motifs is 1. The van der Waals surface area contributed by atoms with Gasteiger partial charge in [-0.3, -0.25) is 23.8 Å². The Balaban J connectivity index is 1.37. The van der Waals surface area contributed by atoms with E-state index in [2.05, 4.69) is 20.7 Å². The molecule has 5 rings (SSSR count). The van der Waals surface area contributed by atoms with Gasteiger partial charge in [-0.2, -0.15) is 5.10 Å². The molecule has 2 aromatic carbocycles. The van der Waals surface area contributed by atoms with Crippen LogP contribution < -0.4 is 16.2 Å². The summed E-state index contributed by atoms with van der Waals surface area (Å²) in [7, 11) is 1.77. The average Bonchev–Trinajstić information content (AvgIpc) is 3.41. The lowest BCUT2D eigenvalue weighted by atomic mass is 10.1.